The minimum atomic E-state index is -0.530. The third kappa shape index (κ3) is 5.44. The molecule has 9 nitrogen and oxygen atoms in total. The van der Waals surface area contributed by atoms with Crippen molar-refractivity contribution in [3.8, 4) is 0 Å². The van der Waals surface area contributed by atoms with Crippen molar-refractivity contribution in [2.75, 3.05) is 32.5 Å². The second-order valence-corrected chi connectivity index (χ2v) is 10.6. The van der Waals surface area contributed by atoms with Crippen molar-refractivity contribution in [3.63, 3.8) is 0 Å². The van der Waals surface area contributed by atoms with E-state index >= 15 is 0 Å². The van der Waals surface area contributed by atoms with Gasteiger partial charge in [0.1, 0.15) is 11.3 Å². The van der Waals surface area contributed by atoms with Gasteiger partial charge in [-0.1, -0.05) is 32.9 Å². The summed E-state index contributed by atoms with van der Waals surface area (Å²) in [5.41, 5.74) is 2.64. The van der Waals surface area contributed by atoms with Crippen molar-refractivity contribution in [2.24, 2.45) is 5.41 Å². The summed E-state index contributed by atoms with van der Waals surface area (Å²) in [7, 11) is 3.80. The third-order valence-corrected chi connectivity index (χ3v) is 6.34. The molecule has 35 heavy (non-hydrogen) atoms. The lowest BCUT2D eigenvalue weighted by atomic mass is 9.87. The number of Topliss-reactive ketones (excluding diaryl/α,β-unsaturated/α-hetero) is 1. The normalized spacial score (nSPS) is 15.6. The van der Waals surface area contributed by atoms with Gasteiger partial charge in [0.15, 0.2) is 11.4 Å². The lowest BCUT2D eigenvalue weighted by molar-refractivity contribution is -0.122. The van der Waals surface area contributed by atoms with Crippen molar-refractivity contribution >= 4 is 57.4 Å². The number of imide groups is 1. The number of carbonyl (C=O) groups excluding carboxylic acids is 3. The minimum absolute atomic E-state index is 0.00863. The Balaban J connectivity index is 1.49. The molecule has 1 aliphatic heterocycles. The summed E-state index contributed by atoms with van der Waals surface area (Å²) < 4.78 is 0. The van der Waals surface area contributed by atoms with Crippen molar-refractivity contribution in [1.82, 2.24) is 24.8 Å². The Hall–Kier alpha value is -3.50. The Labute approximate surface area is 208 Å². The van der Waals surface area contributed by atoms with Crippen molar-refractivity contribution < 1.29 is 14.4 Å². The van der Waals surface area contributed by atoms with Gasteiger partial charge < -0.3 is 15.2 Å². The van der Waals surface area contributed by atoms with Crippen LogP contribution in [0.2, 0.25) is 0 Å². The number of amides is 2. The Morgan fingerprint density at radius 3 is 2.57 bits per heavy atom. The van der Waals surface area contributed by atoms with Gasteiger partial charge in [-0.15, -0.1) is 0 Å². The number of thioether (sulfide) groups is 1. The van der Waals surface area contributed by atoms with Crippen LogP contribution in [0.25, 0.3) is 17.2 Å². The summed E-state index contributed by atoms with van der Waals surface area (Å²) in [6, 6.07) is 7.42. The summed E-state index contributed by atoms with van der Waals surface area (Å²) in [4.78, 5) is 53.2. The highest BCUT2D eigenvalue weighted by Crippen LogP contribution is 2.32. The molecule has 0 aliphatic carbocycles. The van der Waals surface area contributed by atoms with Crippen LogP contribution < -0.4 is 5.32 Å². The molecule has 10 heteroatoms. The second kappa shape index (κ2) is 9.63. The molecule has 1 saturated heterocycles. The highest BCUT2D eigenvalue weighted by Gasteiger charge is 2.34. The van der Waals surface area contributed by atoms with Crippen LogP contribution in [0.1, 0.15) is 36.7 Å². The number of nitrogens with zero attached hydrogens (tertiary/aromatic N) is 4. The average molecular weight is 493 g/mol. The predicted octanol–water partition coefficient (Wildman–Crippen LogP) is 4.53. The first kappa shape index (κ1) is 24.6. The number of H-pyrrole nitrogens is 1. The third-order valence-electron chi connectivity index (χ3n) is 5.43. The van der Waals surface area contributed by atoms with Crippen LogP contribution in [-0.2, 0) is 4.79 Å². The molecule has 0 atom stereocenters. The van der Waals surface area contributed by atoms with Gasteiger partial charge in [0.2, 0.25) is 0 Å². The lowest BCUT2D eigenvalue weighted by Gasteiger charge is -2.15. The quantitative estimate of drug-likeness (QED) is 0.366. The number of benzene rings is 1. The summed E-state index contributed by atoms with van der Waals surface area (Å²) >= 11 is 0.958. The zero-order valence-corrected chi connectivity index (χ0v) is 21.2. The average Bonchev–Trinajstić information content (AvgIpc) is 3.32. The zero-order chi connectivity index (χ0) is 25.3. The maximum Gasteiger partial charge on any atom is 0.293 e. The fourth-order valence-electron chi connectivity index (χ4n) is 3.48. The van der Waals surface area contributed by atoms with E-state index in [2.05, 4.69) is 20.3 Å². The Kier molecular flexibility index (Phi) is 6.77. The number of aromatic nitrogens is 3. The van der Waals surface area contributed by atoms with Crippen LogP contribution in [0.4, 0.5) is 16.3 Å². The number of fused-ring (bicyclic) bond motifs is 1. The summed E-state index contributed by atoms with van der Waals surface area (Å²) in [6.45, 7) is 6.60. The van der Waals surface area contributed by atoms with E-state index in [4.69, 9.17) is 0 Å². The highest BCUT2D eigenvalue weighted by molar-refractivity contribution is 8.18. The van der Waals surface area contributed by atoms with E-state index in [9.17, 15) is 14.4 Å². The molecule has 3 heterocycles. The van der Waals surface area contributed by atoms with E-state index in [0.717, 1.165) is 23.0 Å². The smallest absolute Gasteiger partial charge is 0.293 e. The molecule has 1 aliphatic rings. The molecule has 0 unspecified atom stereocenters. The number of carbonyl (C=O) groups is 3. The Morgan fingerprint density at radius 1 is 1.20 bits per heavy atom. The number of hydrogen-bond donors (Lipinski definition) is 2. The van der Waals surface area contributed by atoms with Crippen LogP contribution in [0, 0.1) is 5.41 Å². The van der Waals surface area contributed by atoms with Crippen LogP contribution in [0.15, 0.2) is 41.6 Å². The van der Waals surface area contributed by atoms with E-state index in [1.54, 1.807) is 18.5 Å². The number of anilines is 2. The molecule has 182 valence electrons. The number of likely N-dealkylation sites (N-methyl/N-ethyl adjacent to an activating group) is 1. The maximum absolute atomic E-state index is 12.8. The van der Waals surface area contributed by atoms with Crippen LogP contribution >= 0.6 is 11.8 Å². The lowest BCUT2D eigenvalue weighted by Crippen LogP contribution is -2.34. The van der Waals surface area contributed by atoms with Crippen molar-refractivity contribution in [1.29, 1.82) is 0 Å². The van der Waals surface area contributed by atoms with E-state index < -0.39 is 5.41 Å². The number of aromatic amines is 1. The fraction of sp³-hybridized carbons (Fsp3) is 0.320. The molecule has 2 N–H and O–H groups in total. The Morgan fingerprint density at radius 2 is 1.91 bits per heavy atom. The molecule has 0 radical (unpaired) electrons. The summed E-state index contributed by atoms with van der Waals surface area (Å²) in [5, 5.41) is 2.96. The van der Waals surface area contributed by atoms with E-state index in [-0.39, 0.29) is 16.9 Å². The topological polar surface area (TPSA) is 111 Å². The molecule has 0 spiro atoms. The number of nitrogens with one attached hydrogen (secondary N) is 2. The first-order valence-electron chi connectivity index (χ1n) is 11.2. The van der Waals surface area contributed by atoms with E-state index in [1.807, 2.05) is 64.0 Å². The molecule has 2 amide bonds. The van der Waals surface area contributed by atoms with Crippen LogP contribution in [0.3, 0.4) is 0 Å². The van der Waals surface area contributed by atoms with Crippen LogP contribution in [-0.4, -0.2) is 68.9 Å². The zero-order valence-electron chi connectivity index (χ0n) is 20.4. The van der Waals surface area contributed by atoms with Gasteiger partial charge in [0.25, 0.3) is 11.1 Å². The van der Waals surface area contributed by atoms with Gasteiger partial charge in [-0.2, -0.15) is 0 Å². The van der Waals surface area contributed by atoms with Crippen molar-refractivity contribution in [3.05, 3.63) is 52.7 Å². The molecule has 4 rings (SSSR count). The molecule has 0 saturated carbocycles. The largest absolute Gasteiger partial charge is 0.344 e. The highest BCUT2D eigenvalue weighted by atomic mass is 32.2. The standard InChI is InChI=1S/C25H28N6O3S/c1-25(2,3)21(32)17-13-26-22-20(17)29-19(14-27-22)28-16-8-6-15(7-9-16)12-18-23(33)31(24(34)35-18)11-10-30(4)5/h6-9,12-14H,10-11H2,1-5H3,(H,26,27)(H,28,29)/b18-12-. The molecular formula is C25H28N6O3S. The number of rotatable bonds is 7. The fourth-order valence-corrected chi connectivity index (χ4v) is 4.35. The molecular weight excluding hydrogens is 464 g/mol. The van der Waals surface area contributed by atoms with Crippen molar-refractivity contribution in [2.45, 2.75) is 20.8 Å². The van der Waals surface area contributed by atoms with Gasteiger partial charge in [0.05, 0.1) is 16.7 Å². The monoisotopic (exact) mass is 492 g/mol. The van der Waals surface area contributed by atoms with Gasteiger partial charge in [0, 0.05) is 30.4 Å². The molecule has 0 bridgehead atoms. The summed E-state index contributed by atoms with van der Waals surface area (Å²) in [5.74, 6) is 0.236. The molecule has 1 aromatic carbocycles. The van der Waals surface area contributed by atoms with Gasteiger partial charge in [-0.3, -0.25) is 19.3 Å². The first-order chi connectivity index (χ1) is 16.5. The maximum atomic E-state index is 12.8. The molecule has 2 aromatic heterocycles. The molecule has 3 aromatic rings. The number of ketones is 1. The summed E-state index contributed by atoms with van der Waals surface area (Å²) in [6.07, 6.45) is 4.97. The van der Waals surface area contributed by atoms with Crippen LogP contribution in [0.5, 0.6) is 0 Å². The second-order valence-electron chi connectivity index (χ2n) is 9.62. The Bertz CT molecular complexity index is 1320. The minimum Gasteiger partial charge on any atom is -0.344 e. The van der Waals surface area contributed by atoms with Gasteiger partial charge >= 0.3 is 0 Å². The van der Waals surface area contributed by atoms with E-state index in [1.165, 1.54) is 4.90 Å². The van der Waals surface area contributed by atoms with E-state index in [0.29, 0.717) is 40.5 Å². The molecule has 1 fully saturated rings. The predicted molar refractivity (Wildman–Crippen MR) is 139 cm³/mol. The number of hydrogen-bond acceptors (Lipinski definition) is 8. The van der Waals surface area contributed by atoms with Gasteiger partial charge in [-0.05, 0) is 49.6 Å². The first-order valence-corrected chi connectivity index (χ1v) is 12.0. The SMILES string of the molecule is CN(C)CCN1C(=O)S/C(=C\c2ccc(Nc3cnc4[nH]cc(C(=O)C(C)(C)C)c4n3)cc2)C1=O. The van der Waals surface area contributed by atoms with Gasteiger partial charge in [-0.25, -0.2) is 9.97 Å².